The molecule has 0 bridgehead atoms. The minimum atomic E-state index is -0.413. The number of furan rings is 1. The molecule has 0 saturated heterocycles. The molecule has 1 aromatic carbocycles. The molecule has 6 nitrogen and oxygen atoms in total. The molecule has 106 valence electrons. The number of carbonyl (C=O) groups is 1. The van der Waals surface area contributed by atoms with E-state index in [1.54, 1.807) is 18.2 Å². The third kappa shape index (κ3) is 3.30. The van der Waals surface area contributed by atoms with Gasteiger partial charge in [0.1, 0.15) is 18.1 Å². The predicted octanol–water partition coefficient (Wildman–Crippen LogP) is 1.86. The zero-order valence-electron chi connectivity index (χ0n) is 11.1. The van der Waals surface area contributed by atoms with E-state index in [0.717, 1.165) is 5.75 Å². The van der Waals surface area contributed by atoms with Crippen LogP contribution in [0.1, 0.15) is 23.0 Å². The van der Waals surface area contributed by atoms with Gasteiger partial charge in [0.05, 0.1) is 18.4 Å². The number of hydrogen-bond acceptors (Lipinski definition) is 5. The first-order valence-corrected chi connectivity index (χ1v) is 6.17. The van der Waals surface area contributed by atoms with Crippen molar-refractivity contribution < 1.29 is 18.7 Å². The molecule has 2 rings (SSSR count). The van der Waals surface area contributed by atoms with E-state index < -0.39 is 5.91 Å². The first kappa shape index (κ1) is 14.0. The van der Waals surface area contributed by atoms with Gasteiger partial charge in [0.25, 0.3) is 5.91 Å². The minimum Gasteiger partial charge on any atom is -0.494 e. The molecule has 1 amide bonds. The van der Waals surface area contributed by atoms with Crippen molar-refractivity contribution in [1.29, 1.82) is 0 Å². The van der Waals surface area contributed by atoms with Crippen LogP contribution in [0.5, 0.6) is 11.5 Å². The molecule has 0 radical (unpaired) electrons. The quantitative estimate of drug-likeness (QED) is 0.478. The van der Waals surface area contributed by atoms with Crippen LogP contribution < -0.4 is 20.7 Å². The second-order valence-corrected chi connectivity index (χ2v) is 3.92. The summed E-state index contributed by atoms with van der Waals surface area (Å²) in [6.45, 7) is 2.68. The van der Waals surface area contributed by atoms with E-state index in [2.05, 4.69) is 5.43 Å². The van der Waals surface area contributed by atoms with Crippen molar-refractivity contribution in [2.45, 2.75) is 13.5 Å². The second-order valence-electron chi connectivity index (χ2n) is 3.92. The number of benzene rings is 1. The monoisotopic (exact) mass is 276 g/mol. The van der Waals surface area contributed by atoms with Gasteiger partial charge in [0.2, 0.25) is 0 Å². The van der Waals surface area contributed by atoms with Crippen molar-refractivity contribution >= 4 is 5.91 Å². The Hall–Kier alpha value is -2.47. The first-order chi connectivity index (χ1) is 9.74. The standard InChI is InChI=1S/C14H16N2O4/c1-2-18-10-3-5-11(6-4-10)20-9-13-12(7-8-19-13)14(17)16-15/h3-8H,2,9,15H2,1H3,(H,16,17). The summed E-state index contributed by atoms with van der Waals surface area (Å²) in [6.07, 6.45) is 1.42. The van der Waals surface area contributed by atoms with Gasteiger partial charge in [0.15, 0.2) is 5.76 Å². The molecule has 0 fully saturated rings. The van der Waals surface area contributed by atoms with Gasteiger partial charge < -0.3 is 13.9 Å². The van der Waals surface area contributed by atoms with Crippen molar-refractivity contribution in [1.82, 2.24) is 5.43 Å². The predicted molar refractivity (Wildman–Crippen MR) is 72.3 cm³/mol. The van der Waals surface area contributed by atoms with Crippen molar-refractivity contribution in [3.05, 3.63) is 47.9 Å². The Morgan fingerprint density at radius 2 is 1.85 bits per heavy atom. The molecule has 0 aliphatic rings. The van der Waals surface area contributed by atoms with Gasteiger partial charge in [0, 0.05) is 0 Å². The SMILES string of the molecule is CCOc1ccc(OCc2occc2C(=O)NN)cc1. The van der Waals surface area contributed by atoms with Crippen LogP contribution in [-0.4, -0.2) is 12.5 Å². The van der Waals surface area contributed by atoms with E-state index in [4.69, 9.17) is 19.7 Å². The average molecular weight is 276 g/mol. The fourth-order valence-corrected chi connectivity index (χ4v) is 1.68. The molecular formula is C14H16N2O4. The number of nitrogens with one attached hydrogen (secondary N) is 1. The molecule has 1 heterocycles. The van der Waals surface area contributed by atoms with Crippen molar-refractivity contribution in [2.24, 2.45) is 5.84 Å². The van der Waals surface area contributed by atoms with E-state index in [9.17, 15) is 4.79 Å². The Kier molecular flexibility index (Phi) is 4.62. The maximum atomic E-state index is 11.5. The topological polar surface area (TPSA) is 86.7 Å². The highest BCUT2D eigenvalue weighted by molar-refractivity contribution is 5.94. The van der Waals surface area contributed by atoms with Crippen LogP contribution in [0.3, 0.4) is 0 Å². The zero-order chi connectivity index (χ0) is 14.4. The molecule has 20 heavy (non-hydrogen) atoms. The van der Waals surface area contributed by atoms with Crippen molar-refractivity contribution in [3.63, 3.8) is 0 Å². The third-order valence-electron chi connectivity index (χ3n) is 2.63. The summed E-state index contributed by atoms with van der Waals surface area (Å²) in [5, 5.41) is 0. The third-order valence-corrected chi connectivity index (χ3v) is 2.63. The molecule has 0 saturated carbocycles. The summed E-state index contributed by atoms with van der Waals surface area (Å²) in [4.78, 5) is 11.5. The maximum Gasteiger partial charge on any atom is 0.268 e. The smallest absolute Gasteiger partial charge is 0.268 e. The van der Waals surface area contributed by atoms with Crippen LogP contribution in [0, 0.1) is 0 Å². The second kappa shape index (κ2) is 6.63. The number of hydrazine groups is 1. The summed E-state index contributed by atoms with van der Waals surface area (Å²) >= 11 is 0. The summed E-state index contributed by atoms with van der Waals surface area (Å²) in [5.41, 5.74) is 2.42. The molecule has 0 aliphatic carbocycles. The number of carbonyl (C=O) groups excluding carboxylic acids is 1. The van der Waals surface area contributed by atoms with Crippen LogP contribution in [0.15, 0.2) is 41.0 Å². The van der Waals surface area contributed by atoms with E-state index in [0.29, 0.717) is 23.7 Å². The Morgan fingerprint density at radius 3 is 2.45 bits per heavy atom. The highest BCUT2D eigenvalue weighted by Crippen LogP contribution is 2.19. The Balaban J connectivity index is 1.98. The molecular weight excluding hydrogens is 260 g/mol. The maximum absolute atomic E-state index is 11.5. The minimum absolute atomic E-state index is 0.143. The highest BCUT2D eigenvalue weighted by Gasteiger charge is 2.13. The van der Waals surface area contributed by atoms with Gasteiger partial charge in [-0.25, -0.2) is 5.84 Å². The fourth-order valence-electron chi connectivity index (χ4n) is 1.68. The lowest BCUT2D eigenvalue weighted by Gasteiger charge is -2.07. The summed E-state index contributed by atoms with van der Waals surface area (Å²) in [5.74, 6) is 6.53. The van der Waals surface area contributed by atoms with Gasteiger partial charge in [-0.05, 0) is 37.3 Å². The van der Waals surface area contributed by atoms with Crippen molar-refractivity contribution in [2.75, 3.05) is 6.61 Å². The van der Waals surface area contributed by atoms with Gasteiger partial charge in [-0.3, -0.25) is 10.2 Å². The van der Waals surface area contributed by atoms with E-state index in [-0.39, 0.29) is 6.61 Å². The number of nitrogen functional groups attached to an aromatic ring is 1. The van der Waals surface area contributed by atoms with E-state index in [1.807, 2.05) is 19.1 Å². The van der Waals surface area contributed by atoms with E-state index >= 15 is 0 Å². The summed E-state index contributed by atoms with van der Waals surface area (Å²) in [6, 6.07) is 8.75. The fraction of sp³-hybridized carbons (Fsp3) is 0.214. The molecule has 0 spiro atoms. The lowest BCUT2D eigenvalue weighted by atomic mass is 10.2. The number of rotatable bonds is 6. The lowest BCUT2D eigenvalue weighted by Crippen LogP contribution is -2.30. The number of nitrogens with two attached hydrogens (primary N) is 1. The normalized spacial score (nSPS) is 10.1. The molecule has 0 atom stereocenters. The van der Waals surface area contributed by atoms with Crippen LogP contribution in [0.2, 0.25) is 0 Å². The van der Waals surface area contributed by atoms with Crippen molar-refractivity contribution in [3.8, 4) is 11.5 Å². The molecule has 6 heteroatoms. The lowest BCUT2D eigenvalue weighted by molar-refractivity contribution is 0.0949. The Morgan fingerprint density at radius 1 is 1.20 bits per heavy atom. The average Bonchev–Trinajstić information content (AvgIpc) is 2.94. The van der Waals surface area contributed by atoms with Crippen LogP contribution in [0.4, 0.5) is 0 Å². The number of amides is 1. The first-order valence-electron chi connectivity index (χ1n) is 6.17. The molecule has 3 N–H and O–H groups in total. The molecule has 0 aliphatic heterocycles. The van der Waals surface area contributed by atoms with Gasteiger partial charge in [-0.2, -0.15) is 0 Å². The Labute approximate surface area is 116 Å². The summed E-state index contributed by atoms with van der Waals surface area (Å²) in [7, 11) is 0. The Bertz CT molecular complexity index is 563. The van der Waals surface area contributed by atoms with E-state index in [1.165, 1.54) is 6.26 Å². The van der Waals surface area contributed by atoms with Crippen LogP contribution >= 0.6 is 0 Å². The molecule has 0 unspecified atom stereocenters. The summed E-state index contributed by atoms with van der Waals surface area (Å²) < 4.78 is 16.1. The molecule has 2 aromatic rings. The zero-order valence-corrected chi connectivity index (χ0v) is 11.1. The van der Waals surface area contributed by atoms with Crippen LogP contribution in [0.25, 0.3) is 0 Å². The number of ether oxygens (including phenoxy) is 2. The largest absolute Gasteiger partial charge is 0.494 e. The van der Waals surface area contributed by atoms with Gasteiger partial charge in [-0.15, -0.1) is 0 Å². The van der Waals surface area contributed by atoms with Gasteiger partial charge >= 0.3 is 0 Å². The van der Waals surface area contributed by atoms with Gasteiger partial charge in [-0.1, -0.05) is 0 Å². The van der Waals surface area contributed by atoms with Crippen LogP contribution in [-0.2, 0) is 6.61 Å². The highest BCUT2D eigenvalue weighted by atomic mass is 16.5. The molecule has 1 aromatic heterocycles. The number of hydrogen-bond donors (Lipinski definition) is 2.